The summed E-state index contributed by atoms with van der Waals surface area (Å²) in [4.78, 5) is 27.7. The number of nitrogens with one attached hydrogen (secondary N) is 3. The van der Waals surface area contributed by atoms with Crippen molar-refractivity contribution in [2.75, 3.05) is 36.8 Å². The number of carbonyl (C=O) groups excluding carboxylic acids is 2. The summed E-state index contributed by atoms with van der Waals surface area (Å²) in [5, 5.41) is 9.63. The summed E-state index contributed by atoms with van der Waals surface area (Å²) in [6.07, 6.45) is 0. The molecule has 0 bridgehead atoms. The zero-order chi connectivity index (χ0) is 21.4. The second-order valence-corrected chi connectivity index (χ2v) is 8.01. The molecule has 3 N–H and O–H groups in total. The predicted octanol–water partition coefficient (Wildman–Crippen LogP) is 4.02. The SMILES string of the molecule is Cc1ccc2c(c1)NC(=O)c1cc(-c3cccc(C(=O)N4CCNCC4)c3)ccc1N2. The van der Waals surface area contributed by atoms with Crippen LogP contribution in [0.15, 0.2) is 60.7 Å². The third-order valence-corrected chi connectivity index (χ3v) is 5.80. The molecule has 2 aliphatic rings. The van der Waals surface area contributed by atoms with Crippen LogP contribution in [0.25, 0.3) is 11.1 Å². The van der Waals surface area contributed by atoms with Gasteiger partial charge in [-0.2, -0.15) is 0 Å². The number of nitrogens with zero attached hydrogens (tertiary/aromatic N) is 1. The van der Waals surface area contributed by atoms with E-state index < -0.39 is 0 Å². The molecular formula is C25H24N4O2. The van der Waals surface area contributed by atoms with Crippen molar-refractivity contribution in [3.05, 3.63) is 77.4 Å². The molecule has 1 saturated heterocycles. The van der Waals surface area contributed by atoms with Crippen molar-refractivity contribution >= 4 is 28.9 Å². The van der Waals surface area contributed by atoms with Gasteiger partial charge in [-0.25, -0.2) is 0 Å². The lowest BCUT2D eigenvalue weighted by molar-refractivity contribution is 0.0735. The summed E-state index contributed by atoms with van der Waals surface area (Å²) < 4.78 is 0. The van der Waals surface area contributed by atoms with Gasteiger partial charge in [0.15, 0.2) is 0 Å². The smallest absolute Gasteiger partial charge is 0.257 e. The molecule has 3 aromatic rings. The zero-order valence-corrected chi connectivity index (χ0v) is 17.4. The largest absolute Gasteiger partial charge is 0.353 e. The maximum absolute atomic E-state index is 12.9. The molecule has 1 fully saturated rings. The molecule has 0 aromatic heterocycles. The zero-order valence-electron chi connectivity index (χ0n) is 17.4. The van der Waals surface area contributed by atoms with Crippen molar-refractivity contribution in [1.29, 1.82) is 0 Å². The highest BCUT2D eigenvalue weighted by molar-refractivity contribution is 6.12. The fraction of sp³-hybridized carbons (Fsp3) is 0.200. The molecule has 6 nitrogen and oxygen atoms in total. The van der Waals surface area contributed by atoms with Crippen LogP contribution in [0.1, 0.15) is 26.3 Å². The molecule has 31 heavy (non-hydrogen) atoms. The second kappa shape index (κ2) is 7.89. The molecular weight excluding hydrogens is 388 g/mol. The number of hydrogen-bond acceptors (Lipinski definition) is 4. The molecule has 6 heteroatoms. The summed E-state index contributed by atoms with van der Waals surface area (Å²) in [5.74, 6) is -0.106. The fourth-order valence-corrected chi connectivity index (χ4v) is 4.11. The molecule has 0 radical (unpaired) electrons. The lowest BCUT2D eigenvalue weighted by Gasteiger charge is -2.27. The number of fused-ring (bicyclic) bond motifs is 2. The molecule has 3 aromatic carbocycles. The Morgan fingerprint density at radius 2 is 1.61 bits per heavy atom. The molecule has 0 atom stereocenters. The Morgan fingerprint density at radius 3 is 2.45 bits per heavy atom. The third kappa shape index (κ3) is 3.78. The predicted molar refractivity (Wildman–Crippen MR) is 123 cm³/mol. The summed E-state index contributed by atoms with van der Waals surface area (Å²) in [6, 6.07) is 19.3. The quantitative estimate of drug-likeness (QED) is 0.595. The van der Waals surface area contributed by atoms with Crippen molar-refractivity contribution in [3.63, 3.8) is 0 Å². The number of amides is 2. The monoisotopic (exact) mass is 412 g/mol. The maximum Gasteiger partial charge on any atom is 0.257 e. The molecule has 2 aliphatic heterocycles. The molecule has 2 amide bonds. The number of carbonyl (C=O) groups is 2. The van der Waals surface area contributed by atoms with Gasteiger partial charge >= 0.3 is 0 Å². The normalized spacial score (nSPS) is 15.3. The van der Waals surface area contributed by atoms with Gasteiger partial charge < -0.3 is 20.9 Å². The average molecular weight is 412 g/mol. The molecule has 5 rings (SSSR count). The standard InChI is InChI=1S/C25H24N4O2/c1-16-5-7-22-23(13-16)28-24(30)20-15-18(6-8-21(20)27-22)17-3-2-4-19(14-17)25(31)29-11-9-26-10-12-29/h2-8,13-15,26-27H,9-12H2,1H3,(H,28,30). The van der Waals surface area contributed by atoms with E-state index in [-0.39, 0.29) is 11.8 Å². The lowest BCUT2D eigenvalue weighted by Crippen LogP contribution is -2.46. The van der Waals surface area contributed by atoms with E-state index >= 15 is 0 Å². The van der Waals surface area contributed by atoms with Crippen LogP contribution >= 0.6 is 0 Å². The number of anilines is 3. The Morgan fingerprint density at radius 1 is 0.839 bits per heavy atom. The van der Waals surface area contributed by atoms with Gasteiger partial charge in [-0.05, 0) is 60.0 Å². The van der Waals surface area contributed by atoms with E-state index in [9.17, 15) is 9.59 Å². The number of rotatable bonds is 2. The molecule has 0 saturated carbocycles. The van der Waals surface area contributed by atoms with Crippen LogP contribution in [0, 0.1) is 6.92 Å². The minimum atomic E-state index is -0.151. The molecule has 0 spiro atoms. The second-order valence-electron chi connectivity index (χ2n) is 8.01. The van der Waals surface area contributed by atoms with E-state index in [0.29, 0.717) is 24.2 Å². The van der Waals surface area contributed by atoms with E-state index in [2.05, 4.69) is 16.0 Å². The summed E-state index contributed by atoms with van der Waals surface area (Å²) in [7, 11) is 0. The van der Waals surface area contributed by atoms with Gasteiger partial charge in [0.1, 0.15) is 0 Å². The highest BCUT2D eigenvalue weighted by Gasteiger charge is 2.21. The average Bonchev–Trinajstić information content (AvgIpc) is 2.94. The van der Waals surface area contributed by atoms with E-state index in [0.717, 1.165) is 46.8 Å². The van der Waals surface area contributed by atoms with Crippen molar-refractivity contribution in [2.24, 2.45) is 0 Å². The van der Waals surface area contributed by atoms with Crippen LogP contribution in [0.5, 0.6) is 0 Å². The Kier molecular flexibility index (Phi) is 4.92. The number of hydrogen-bond donors (Lipinski definition) is 3. The van der Waals surface area contributed by atoms with Crippen molar-refractivity contribution < 1.29 is 9.59 Å². The van der Waals surface area contributed by atoms with Gasteiger partial charge in [0.25, 0.3) is 11.8 Å². The van der Waals surface area contributed by atoms with Gasteiger partial charge in [0, 0.05) is 31.7 Å². The first-order chi connectivity index (χ1) is 15.1. The Labute approximate surface area is 181 Å². The van der Waals surface area contributed by atoms with E-state index in [4.69, 9.17) is 0 Å². The summed E-state index contributed by atoms with van der Waals surface area (Å²) in [6.45, 7) is 5.07. The van der Waals surface area contributed by atoms with Crippen LogP contribution in [-0.2, 0) is 0 Å². The first-order valence-electron chi connectivity index (χ1n) is 10.5. The van der Waals surface area contributed by atoms with Crippen LogP contribution < -0.4 is 16.0 Å². The molecule has 0 aliphatic carbocycles. The van der Waals surface area contributed by atoms with Crippen molar-refractivity contribution in [1.82, 2.24) is 10.2 Å². The molecule has 156 valence electrons. The van der Waals surface area contributed by atoms with Gasteiger partial charge in [-0.3, -0.25) is 9.59 Å². The fourth-order valence-electron chi connectivity index (χ4n) is 4.11. The van der Waals surface area contributed by atoms with Crippen LogP contribution in [0.3, 0.4) is 0 Å². The minimum absolute atomic E-state index is 0.0448. The first kappa shape index (κ1) is 19.3. The lowest BCUT2D eigenvalue weighted by atomic mass is 9.99. The topological polar surface area (TPSA) is 73.5 Å². The van der Waals surface area contributed by atoms with Gasteiger partial charge in [-0.15, -0.1) is 0 Å². The number of aryl methyl sites for hydroxylation is 1. The Hall–Kier alpha value is -3.64. The minimum Gasteiger partial charge on any atom is -0.353 e. The third-order valence-electron chi connectivity index (χ3n) is 5.80. The molecule has 2 heterocycles. The van der Waals surface area contributed by atoms with Gasteiger partial charge in [-0.1, -0.05) is 24.3 Å². The first-order valence-corrected chi connectivity index (χ1v) is 10.5. The van der Waals surface area contributed by atoms with Crippen molar-refractivity contribution in [2.45, 2.75) is 6.92 Å². The van der Waals surface area contributed by atoms with Crippen molar-refractivity contribution in [3.8, 4) is 11.1 Å². The maximum atomic E-state index is 12.9. The van der Waals surface area contributed by atoms with Crippen LogP contribution in [0.4, 0.5) is 17.1 Å². The van der Waals surface area contributed by atoms with Gasteiger partial charge in [0.2, 0.25) is 0 Å². The van der Waals surface area contributed by atoms with Crippen LogP contribution in [-0.4, -0.2) is 42.9 Å². The Balaban J connectivity index is 1.46. The van der Waals surface area contributed by atoms with E-state index in [1.54, 1.807) is 0 Å². The number of benzene rings is 3. The molecule has 0 unspecified atom stereocenters. The number of piperazine rings is 1. The highest BCUT2D eigenvalue weighted by Crippen LogP contribution is 2.34. The highest BCUT2D eigenvalue weighted by atomic mass is 16.2. The Bertz CT molecular complexity index is 1180. The van der Waals surface area contributed by atoms with E-state index in [1.807, 2.05) is 72.5 Å². The van der Waals surface area contributed by atoms with Crippen LogP contribution in [0.2, 0.25) is 0 Å². The van der Waals surface area contributed by atoms with Gasteiger partial charge in [0.05, 0.1) is 22.6 Å². The summed E-state index contributed by atoms with van der Waals surface area (Å²) >= 11 is 0. The van der Waals surface area contributed by atoms with E-state index in [1.165, 1.54) is 0 Å². The summed E-state index contributed by atoms with van der Waals surface area (Å²) in [5.41, 5.74) is 6.53.